The molecule has 21 heavy (non-hydrogen) atoms. The molecule has 3 aliphatic heterocycles. The van der Waals surface area contributed by atoms with E-state index in [0.29, 0.717) is 12.8 Å². The number of piperazine rings is 1. The molecule has 0 spiro atoms. The van der Waals surface area contributed by atoms with Gasteiger partial charge in [-0.05, 0) is 19.1 Å². The zero-order chi connectivity index (χ0) is 14.2. The standard InChI is InChI=1S/C16H23N3O2/c1-2-18-3-5-19(6-4-18)14-10-17-9-12-7-15-16(8-13(12)14)21-11-20-15/h7-8,14,17H,2-6,9-11H2,1H3/p+3/t14-/m0/s1. The SMILES string of the molecule is CC[NH+]1CC[NH+]([C@H]2C[NH2+]Cc3cc4c(cc32)OCO4)CC1. The molecule has 0 amide bonds. The van der Waals surface area contributed by atoms with E-state index in [1.54, 1.807) is 9.80 Å². The van der Waals surface area contributed by atoms with Crippen LogP contribution in [0.25, 0.3) is 0 Å². The van der Waals surface area contributed by atoms with Crippen LogP contribution in [0.3, 0.4) is 0 Å². The number of ether oxygens (including phenoxy) is 2. The first kappa shape index (κ1) is 13.4. The van der Waals surface area contributed by atoms with Gasteiger partial charge in [0.25, 0.3) is 0 Å². The maximum Gasteiger partial charge on any atom is 0.231 e. The van der Waals surface area contributed by atoms with Gasteiger partial charge in [-0.15, -0.1) is 0 Å². The first-order valence-corrected chi connectivity index (χ1v) is 8.27. The first-order valence-electron chi connectivity index (χ1n) is 8.27. The highest BCUT2D eigenvalue weighted by atomic mass is 16.7. The summed E-state index contributed by atoms with van der Waals surface area (Å²) in [5.74, 6) is 1.87. The lowest BCUT2D eigenvalue weighted by atomic mass is 9.94. The third-order valence-electron chi connectivity index (χ3n) is 5.37. The highest BCUT2D eigenvalue weighted by Gasteiger charge is 2.36. The summed E-state index contributed by atoms with van der Waals surface area (Å²) in [5, 5.41) is 2.45. The predicted molar refractivity (Wildman–Crippen MR) is 77.7 cm³/mol. The van der Waals surface area contributed by atoms with Gasteiger partial charge >= 0.3 is 0 Å². The Bertz CT molecular complexity index is 526. The molecule has 0 aromatic heterocycles. The summed E-state index contributed by atoms with van der Waals surface area (Å²) in [6, 6.07) is 5.07. The molecule has 0 bridgehead atoms. The molecule has 1 fully saturated rings. The summed E-state index contributed by atoms with van der Waals surface area (Å²) < 4.78 is 11.1. The molecule has 0 unspecified atom stereocenters. The highest BCUT2D eigenvalue weighted by Crippen LogP contribution is 2.36. The smallest absolute Gasteiger partial charge is 0.231 e. The molecule has 5 heteroatoms. The Hall–Kier alpha value is -1.30. The minimum Gasteiger partial charge on any atom is -0.454 e. The third kappa shape index (κ3) is 2.39. The summed E-state index contributed by atoms with van der Waals surface area (Å²) in [6.07, 6.45) is 0. The fraction of sp³-hybridized carbons (Fsp3) is 0.625. The zero-order valence-corrected chi connectivity index (χ0v) is 12.8. The summed E-state index contributed by atoms with van der Waals surface area (Å²) in [4.78, 5) is 3.51. The molecule has 4 N–H and O–H groups in total. The number of hydrogen-bond donors (Lipinski definition) is 3. The van der Waals surface area contributed by atoms with Crippen LogP contribution in [-0.4, -0.2) is 46.1 Å². The normalized spacial score (nSPS) is 31.0. The van der Waals surface area contributed by atoms with Gasteiger partial charge in [0, 0.05) is 11.1 Å². The maximum absolute atomic E-state index is 5.59. The van der Waals surface area contributed by atoms with Crippen molar-refractivity contribution in [1.82, 2.24) is 0 Å². The summed E-state index contributed by atoms with van der Waals surface area (Å²) in [6.45, 7) is 11.4. The summed E-state index contributed by atoms with van der Waals surface area (Å²) in [7, 11) is 0. The van der Waals surface area contributed by atoms with Crippen molar-refractivity contribution in [3.63, 3.8) is 0 Å². The maximum atomic E-state index is 5.59. The second-order valence-electron chi connectivity index (χ2n) is 6.45. The van der Waals surface area contributed by atoms with Crippen molar-refractivity contribution in [2.45, 2.75) is 19.5 Å². The molecule has 1 aromatic carbocycles. The third-order valence-corrected chi connectivity index (χ3v) is 5.37. The number of fused-ring (bicyclic) bond motifs is 2. The number of quaternary nitrogens is 3. The molecule has 1 saturated heterocycles. The van der Waals surface area contributed by atoms with Gasteiger partial charge in [0.1, 0.15) is 39.3 Å². The van der Waals surface area contributed by atoms with Crippen molar-refractivity contribution < 1.29 is 24.6 Å². The van der Waals surface area contributed by atoms with E-state index < -0.39 is 0 Å². The van der Waals surface area contributed by atoms with Crippen LogP contribution in [0.4, 0.5) is 0 Å². The topological polar surface area (TPSA) is 44.0 Å². The number of nitrogens with one attached hydrogen (secondary N) is 2. The van der Waals surface area contributed by atoms with Gasteiger partial charge in [0.05, 0.1) is 6.54 Å². The Morgan fingerprint density at radius 1 is 1.14 bits per heavy atom. The van der Waals surface area contributed by atoms with Crippen LogP contribution in [0.5, 0.6) is 11.5 Å². The van der Waals surface area contributed by atoms with Crippen LogP contribution in [0.1, 0.15) is 24.1 Å². The molecule has 1 aromatic rings. The first-order chi connectivity index (χ1) is 10.3. The van der Waals surface area contributed by atoms with E-state index in [9.17, 15) is 0 Å². The number of likely N-dealkylation sites (N-methyl/N-ethyl adjacent to an activating group) is 1. The molecule has 5 nitrogen and oxygen atoms in total. The van der Waals surface area contributed by atoms with Gasteiger partial charge in [-0.2, -0.15) is 0 Å². The van der Waals surface area contributed by atoms with Crippen molar-refractivity contribution in [3.05, 3.63) is 23.3 Å². The Kier molecular flexibility index (Phi) is 3.49. The van der Waals surface area contributed by atoms with E-state index in [2.05, 4.69) is 24.4 Å². The average Bonchev–Trinajstić information content (AvgIpc) is 2.99. The van der Waals surface area contributed by atoms with E-state index in [-0.39, 0.29) is 0 Å². The highest BCUT2D eigenvalue weighted by molar-refractivity contribution is 5.49. The molecular weight excluding hydrogens is 266 g/mol. The second kappa shape index (κ2) is 5.48. The molecule has 0 aliphatic carbocycles. The predicted octanol–water partition coefficient (Wildman–Crippen LogP) is -2.66. The molecule has 114 valence electrons. The van der Waals surface area contributed by atoms with E-state index in [1.807, 2.05) is 0 Å². The molecule has 0 saturated carbocycles. The van der Waals surface area contributed by atoms with Crippen LogP contribution in [0.2, 0.25) is 0 Å². The molecule has 3 aliphatic rings. The lowest BCUT2D eigenvalue weighted by molar-refractivity contribution is -1.03. The quantitative estimate of drug-likeness (QED) is 0.557. The van der Waals surface area contributed by atoms with Crippen molar-refractivity contribution in [3.8, 4) is 11.5 Å². The van der Waals surface area contributed by atoms with Crippen molar-refractivity contribution in [2.75, 3.05) is 46.1 Å². The average molecular weight is 292 g/mol. The van der Waals surface area contributed by atoms with Gasteiger partial charge in [0.15, 0.2) is 17.5 Å². The Morgan fingerprint density at radius 3 is 2.67 bits per heavy atom. The fourth-order valence-electron chi connectivity index (χ4n) is 4.05. The number of rotatable bonds is 2. The van der Waals surface area contributed by atoms with Crippen LogP contribution in [0, 0.1) is 0 Å². The van der Waals surface area contributed by atoms with Crippen LogP contribution in [-0.2, 0) is 6.54 Å². The van der Waals surface area contributed by atoms with E-state index in [1.165, 1.54) is 50.4 Å². The minimum atomic E-state index is 0.373. The Labute approximate surface area is 125 Å². The van der Waals surface area contributed by atoms with Crippen molar-refractivity contribution in [1.29, 1.82) is 0 Å². The monoisotopic (exact) mass is 292 g/mol. The molecule has 4 rings (SSSR count). The Balaban J connectivity index is 1.59. The van der Waals surface area contributed by atoms with Crippen molar-refractivity contribution >= 4 is 0 Å². The fourth-order valence-corrected chi connectivity index (χ4v) is 4.05. The van der Waals surface area contributed by atoms with Crippen LogP contribution in [0.15, 0.2) is 12.1 Å². The number of hydrogen-bond acceptors (Lipinski definition) is 2. The summed E-state index contributed by atoms with van der Waals surface area (Å²) >= 11 is 0. The lowest BCUT2D eigenvalue weighted by Gasteiger charge is -2.35. The zero-order valence-electron chi connectivity index (χ0n) is 12.8. The van der Waals surface area contributed by atoms with Gasteiger partial charge in [0.2, 0.25) is 6.79 Å². The molecule has 3 heterocycles. The van der Waals surface area contributed by atoms with Gasteiger partial charge in [-0.1, -0.05) is 0 Å². The van der Waals surface area contributed by atoms with Crippen LogP contribution < -0.4 is 24.6 Å². The summed E-state index contributed by atoms with van der Waals surface area (Å²) in [5.41, 5.74) is 2.94. The van der Waals surface area contributed by atoms with Gasteiger partial charge in [-0.25, -0.2) is 0 Å². The van der Waals surface area contributed by atoms with Gasteiger partial charge in [-0.3, -0.25) is 0 Å². The lowest BCUT2D eigenvalue weighted by Crippen LogP contribution is -3.28. The molecular formula is C16H26N3O2+3. The minimum absolute atomic E-state index is 0.373. The van der Waals surface area contributed by atoms with E-state index >= 15 is 0 Å². The van der Waals surface area contributed by atoms with E-state index in [0.717, 1.165) is 18.0 Å². The van der Waals surface area contributed by atoms with Crippen molar-refractivity contribution in [2.24, 2.45) is 0 Å². The number of benzene rings is 1. The van der Waals surface area contributed by atoms with Crippen LogP contribution >= 0.6 is 0 Å². The largest absolute Gasteiger partial charge is 0.454 e. The van der Waals surface area contributed by atoms with E-state index in [4.69, 9.17) is 9.47 Å². The molecule has 0 radical (unpaired) electrons. The second-order valence-corrected chi connectivity index (χ2v) is 6.45. The van der Waals surface area contributed by atoms with Gasteiger partial charge < -0.3 is 24.6 Å². The Morgan fingerprint density at radius 2 is 1.90 bits per heavy atom. The number of nitrogens with two attached hydrogens (primary N) is 1. The molecule has 1 atom stereocenters.